The fraction of sp³-hybridized carbons (Fsp3) is 0.318. The van der Waals surface area contributed by atoms with E-state index in [0.717, 1.165) is 16.7 Å². The minimum atomic E-state index is -0.303. The van der Waals surface area contributed by atoms with Crippen LogP contribution in [0.15, 0.2) is 48.5 Å². The lowest BCUT2D eigenvalue weighted by Crippen LogP contribution is -2.28. The van der Waals surface area contributed by atoms with Crippen molar-refractivity contribution < 1.29 is 9.59 Å². The molecule has 0 spiro atoms. The van der Waals surface area contributed by atoms with Gasteiger partial charge in [-0.05, 0) is 42.7 Å². The lowest BCUT2D eigenvalue weighted by Gasteiger charge is -2.15. The molecule has 0 aliphatic rings. The maximum Gasteiger partial charge on any atom is 0.244 e. The summed E-state index contributed by atoms with van der Waals surface area (Å²) in [5, 5.41) is 5.79. The number of imidazole rings is 1. The zero-order chi connectivity index (χ0) is 20.3. The van der Waals surface area contributed by atoms with Gasteiger partial charge in [0.2, 0.25) is 11.8 Å². The van der Waals surface area contributed by atoms with Crippen molar-refractivity contribution in [1.82, 2.24) is 14.9 Å². The molecule has 1 aromatic heterocycles. The van der Waals surface area contributed by atoms with Gasteiger partial charge in [-0.2, -0.15) is 0 Å². The molecule has 0 aliphatic heterocycles. The molecule has 1 heterocycles. The number of hydrogen-bond acceptors (Lipinski definition) is 3. The molecular formula is C22H26N4O2. The van der Waals surface area contributed by atoms with Crippen LogP contribution in [-0.2, 0) is 16.1 Å². The lowest BCUT2D eigenvalue weighted by atomic mass is 10.0. The Morgan fingerprint density at radius 2 is 1.71 bits per heavy atom. The largest absolute Gasteiger partial charge is 0.347 e. The molecular weight excluding hydrogens is 352 g/mol. The van der Waals surface area contributed by atoms with Gasteiger partial charge in [0.1, 0.15) is 12.4 Å². The number of benzene rings is 2. The van der Waals surface area contributed by atoms with E-state index in [4.69, 9.17) is 0 Å². The number of carbonyl (C=O) groups is 2. The van der Waals surface area contributed by atoms with Crippen LogP contribution in [0.1, 0.15) is 51.0 Å². The summed E-state index contributed by atoms with van der Waals surface area (Å²) in [4.78, 5) is 28.8. The molecule has 6 heteroatoms. The molecule has 0 unspecified atom stereocenters. The summed E-state index contributed by atoms with van der Waals surface area (Å²) < 4.78 is 1.85. The highest BCUT2D eigenvalue weighted by atomic mass is 16.2. The van der Waals surface area contributed by atoms with Crippen LogP contribution in [0, 0.1) is 0 Å². The van der Waals surface area contributed by atoms with Gasteiger partial charge in [0, 0.05) is 12.6 Å². The number of rotatable bonds is 6. The van der Waals surface area contributed by atoms with E-state index < -0.39 is 0 Å². The van der Waals surface area contributed by atoms with E-state index >= 15 is 0 Å². The van der Waals surface area contributed by atoms with Crippen LogP contribution < -0.4 is 10.6 Å². The Bertz CT molecular complexity index is 989. The van der Waals surface area contributed by atoms with Crippen molar-refractivity contribution in [2.24, 2.45) is 0 Å². The van der Waals surface area contributed by atoms with Gasteiger partial charge in [-0.3, -0.25) is 9.59 Å². The van der Waals surface area contributed by atoms with E-state index in [1.165, 1.54) is 12.5 Å². The standard InChI is InChI=1S/C22H26N4O2/c1-14(2)17-9-11-18(12-10-17)24-21(28)13-26-20-8-6-5-7-19(20)25-22(26)15(3)23-16(4)27/h5-12,14-15H,13H2,1-4H3,(H,23,27)(H,24,28)/t15-/m0/s1. The molecule has 2 aromatic carbocycles. The van der Waals surface area contributed by atoms with E-state index in [9.17, 15) is 9.59 Å². The van der Waals surface area contributed by atoms with E-state index in [2.05, 4.69) is 29.5 Å². The highest BCUT2D eigenvalue weighted by Crippen LogP contribution is 2.21. The monoisotopic (exact) mass is 378 g/mol. The van der Waals surface area contributed by atoms with Crippen LogP contribution in [0.3, 0.4) is 0 Å². The minimum Gasteiger partial charge on any atom is -0.347 e. The second-order valence-electron chi connectivity index (χ2n) is 7.29. The zero-order valence-electron chi connectivity index (χ0n) is 16.7. The number of anilines is 1. The van der Waals surface area contributed by atoms with E-state index in [-0.39, 0.29) is 24.4 Å². The number of amides is 2. The summed E-state index contributed by atoms with van der Waals surface area (Å²) >= 11 is 0. The molecule has 1 atom stereocenters. The van der Waals surface area contributed by atoms with E-state index in [0.29, 0.717) is 11.7 Å². The molecule has 3 aromatic rings. The number of fused-ring (bicyclic) bond motifs is 1. The van der Waals surface area contributed by atoms with Crippen molar-refractivity contribution in [3.63, 3.8) is 0 Å². The fourth-order valence-electron chi connectivity index (χ4n) is 3.26. The third-order valence-electron chi connectivity index (χ3n) is 4.65. The molecule has 0 saturated heterocycles. The lowest BCUT2D eigenvalue weighted by molar-refractivity contribution is -0.119. The topological polar surface area (TPSA) is 76.0 Å². The van der Waals surface area contributed by atoms with Gasteiger partial charge in [-0.1, -0.05) is 38.1 Å². The predicted molar refractivity (Wildman–Crippen MR) is 111 cm³/mol. The molecule has 0 aliphatic carbocycles. The third kappa shape index (κ3) is 4.39. The van der Waals surface area contributed by atoms with E-state index in [1.54, 1.807) is 0 Å². The summed E-state index contributed by atoms with van der Waals surface area (Å²) in [6.45, 7) is 7.72. The highest BCUT2D eigenvalue weighted by molar-refractivity contribution is 5.91. The van der Waals surface area contributed by atoms with Crippen LogP contribution in [0.5, 0.6) is 0 Å². The Labute approximate surface area is 165 Å². The van der Waals surface area contributed by atoms with Crippen LogP contribution in [-0.4, -0.2) is 21.4 Å². The third-order valence-corrected chi connectivity index (χ3v) is 4.65. The first-order valence-corrected chi connectivity index (χ1v) is 9.47. The molecule has 0 saturated carbocycles. The Kier molecular flexibility index (Phi) is 5.78. The number of nitrogens with zero attached hydrogens (tertiary/aromatic N) is 2. The second-order valence-corrected chi connectivity index (χ2v) is 7.29. The second kappa shape index (κ2) is 8.25. The first-order chi connectivity index (χ1) is 13.3. The van der Waals surface area contributed by atoms with Gasteiger partial charge in [0.15, 0.2) is 0 Å². The summed E-state index contributed by atoms with van der Waals surface area (Å²) in [5.74, 6) is 0.819. The smallest absolute Gasteiger partial charge is 0.244 e. The molecule has 6 nitrogen and oxygen atoms in total. The molecule has 3 rings (SSSR count). The Balaban J connectivity index is 1.83. The maximum absolute atomic E-state index is 12.7. The number of hydrogen-bond donors (Lipinski definition) is 2. The van der Waals surface area contributed by atoms with Crippen molar-refractivity contribution in [3.05, 3.63) is 59.9 Å². The first-order valence-electron chi connectivity index (χ1n) is 9.47. The normalized spacial score (nSPS) is 12.2. The summed E-state index contributed by atoms with van der Waals surface area (Å²) in [6.07, 6.45) is 0. The average molecular weight is 378 g/mol. The van der Waals surface area contributed by atoms with Gasteiger partial charge in [-0.15, -0.1) is 0 Å². The van der Waals surface area contributed by atoms with Crippen molar-refractivity contribution in [3.8, 4) is 0 Å². The number of nitrogens with one attached hydrogen (secondary N) is 2. The molecule has 0 fully saturated rings. The van der Waals surface area contributed by atoms with Gasteiger partial charge in [-0.25, -0.2) is 4.98 Å². The summed E-state index contributed by atoms with van der Waals surface area (Å²) in [6, 6.07) is 15.2. The fourth-order valence-corrected chi connectivity index (χ4v) is 3.26. The van der Waals surface area contributed by atoms with Gasteiger partial charge < -0.3 is 15.2 Å². The molecule has 146 valence electrons. The first kappa shape index (κ1) is 19.6. The van der Waals surface area contributed by atoms with Crippen LogP contribution in [0.25, 0.3) is 11.0 Å². The Hall–Kier alpha value is -3.15. The number of carbonyl (C=O) groups excluding carboxylic acids is 2. The van der Waals surface area contributed by atoms with E-state index in [1.807, 2.05) is 60.0 Å². The van der Waals surface area contributed by atoms with Crippen LogP contribution in [0.4, 0.5) is 5.69 Å². The van der Waals surface area contributed by atoms with Crippen LogP contribution in [0.2, 0.25) is 0 Å². The SMILES string of the molecule is CC(=O)N[C@@H](C)c1nc2ccccc2n1CC(=O)Nc1ccc(C(C)C)cc1. The average Bonchev–Trinajstić information content (AvgIpc) is 3.00. The van der Waals surface area contributed by atoms with Crippen LogP contribution >= 0.6 is 0 Å². The highest BCUT2D eigenvalue weighted by Gasteiger charge is 2.19. The van der Waals surface area contributed by atoms with Crippen molar-refractivity contribution in [2.75, 3.05) is 5.32 Å². The van der Waals surface area contributed by atoms with Gasteiger partial charge in [0.25, 0.3) is 0 Å². The van der Waals surface area contributed by atoms with Crippen molar-refractivity contribution in [2.45, 2.75) is 46.2 Å². The molecule has 2 amide bonds. The maximum atomic E-state index is 12.7. The van der Waals surface area contributed by atoms with Gasteiger partial charge >= 0.3 is 0 Å². The van der Waals surface area contributed by atoms with Crippen molar-refractivity contribution in [1.29, 1.82) is 0 Å². The van der Waals surface area contributed by atoms with Gasteiger partial charge in [0.05, 0.1) is 17.1 Å². The number of para-hydroxylation sites is 2. The Morgan fingerprint density at radius 3 is 2.36 bits per heavy atom. The predicted octanol–water partition coefficient (Wildman–Crippen LogP) is 4.00. The molecule has 28 heavy (non-hydrogen) atoms. The summed E-state index contributed by atoms with van der Waals surface area (Å²) in [7, 11) is 0. The Morgan fingerprint density at radius 1 is 1.04 bits per heavy atom. The summed E-state index contributed by atoms with van der Waals surface area (Å²) in [5.41, 5.74) is 3.64. The quantitative estimate of drug-likeness (QED) is 0.681. The number of aromatic nitrogens is 2. The zero-order valence-corrected chi connectivity index (χ0v) is 16.7. The molecule has 0 radical (unpaired) electrons. The minimum absolute atomic E-state index is 0.117. The molecule has 2 N–H and O–H groups in total. The molecule has 0 bridgehead atoms. The van der Waals surface area contributed by atoms with Crippen molar-refractivity contribution >= 4 is 28.5 Å².